The zero-order chi connectivity index (χ0) is 16.2. The molecule has 0 N–H and O–H groups in total. The summed E-state index contributed by atoms with van der Waals surface area (Å²) in [5, 5.41) is 1.20. The van der Waals surface area contributed by atoms with Gasteiger partial charge in [-0.05, 0) is 24.6 Å². The fourth-order valence-corrected chi connectivity index (χ4v) is 3.53. The van der Waals surface area contributed by atoms with Gasteiger partial charge in [-0.25, -0.2) is 4.98 Å². The number of nitrogens with zero attached hydrogens (tertiary/aromatic N) is 3. The molecule has 0 aliphatic carbocycles. The fourth-order valence-electron chi connectivity index (χ4n) is 2.66. The van der Waals surface area contributed by atoms with E-state index in [0.29, 0.717) is 11.1 Å². The average Bonchev–Trinajstić information content (AvgIpc) is 3.16. The maximum atomic E-state index is 13.1. The molecule has 1 aliphatic heterocycles. The third kappa shape index (κ3) is 4.23. The van der Waals surface area contributed by atoms with E-state index in [9.17, 15) is 4.39 Å². The average molecular weight is 350 g/mol. The Hall–Kier alpha value is -1.61. The summed E-state index contributed by atoms with van der Waals surface area (Å²) in [4.78, 5) is 8.48. The van der Waals surface area contributed by atoms with Gasteiger partial charge in [-0.2, -0.15) is 4.39 Å². The minimum Gasteiger partial charge on any atom is -0.347 e. The van der Waals surface area contributed by atoms with Crippen LogP contribution in [0.2, 0.25) is 5.02 Å². The van der Waals surface area contributed by atoms with Gasteiger partial charge in [0.1, 0.15) is 0 Å². The molecular weight excluding hydrogens is 333 g/mol. The summed E-state index contributed by atoms with van der Waals surface area (Å²) in [6.45, 7) is 2.64. The molecule has 120 valence electrons. The molecule has 0 bridgehead atoms. The maximum absolute atomic E-state index is 13.1. The van der Waals surface area contributed by atoms with Gasteiger partial charge < -0.3 is 4.90 Å². The second-order valence-corrected chi connectivity index (χ2v) is 6.94. The molecule has 0 radical (unpaired) electrons. The molecule has 1 aliphatic rings. The van der Waals surface area contributed by atoms with Crippen LogP contribution >= 0.6 is 22.9 Å². The first-order valence-electron chi connectivity index (χ1n) is 7.43. The van der Waals surface area contributed by atoms with Crippen molar-refractivity contribution < 1.29 is 4.39 Å². The van der Waals surface area contributed by atoms with Crippen LogP contribution in [0.5, 0.6) is 0 Å². The zero-order valence-corrected chi connectivity index (χ0v) is 14.4. The van der Waals surface area contributed by atoms with E-state index in [1.54, 1.807) is 0 Å². The number of hydrogen-bond donors (Lipinski definition) is 0. The van der Waals surface area contributed by atoms with Gasteiger partial charge in [0, 0.05) is 36.8 Å². The molecule has 1 aromatic carbocycles. The Morgan fingerprint density at radius 2 is 2.39 bits per heavy atom. The first-order chi connectivity index (χ1) is 11.1. The predicted octanol–water partition coefficient (Wildman–Crippen LogP) is 3.50. The van der Waals surface area contributed by atoms with Crippen LogP contribution in [0.1, 0.15) is 12.0 Å². The summed E-state index contributed by atoms with van der Waals surface area (Å²) in [7, 11) is 1.98. The lowest BCUT2D eigenvalue weighted by Crippen LogP contribution is -2.34. The molecule has 2 aromatic rings. The highest BCUT2D eigenvalue weighted by molar-refractivity contribution is 7.14. The van der Waals surface area contributed by atoms with Gasteiger partial charge in [-0.1, -0.05) is 40.8 Å². The Kier molecular flexibility index (Phi) is 5.16. The second-order valence-electron chi connectivity index (χ2n) is 5.55. The fraction of sp³-hybridized carbons (Fsp3) is 0.353. The lowest BCUT2D eigenvalue weighted by Gasteiger charge is -2.23. The van der Waals surface area contributed by atoms with Crippen LogP contribution in [0.15, 0.2) is 30.5 Å². The Morgan fingerprint density at radius 1 is 1.52 bits per heavy atom. The topological polar surface area (TPSA) is 19.4 Å². The van der Waals surface area contributed by atoms with Crippen LogP contribution < -0.4 is 4.90 Å². The zero-order valence-electron chi connectivity index (χ0n) is 12.8. The summed E-state index contributed by atoms with van der Waals surface area (Å²) >= 11 is 7.04. The number of benzene rings is 1. The third-order valence-electron chi connectivity index (χ3n) is 3.92. The molecule has 0 spiro atoms. The molecule has 6 heteroatoms. The highest BCUT2D eigenvalue weighted by Gasteiger charge is 2.26. The number of likely N-dealkylation sites (tertiary alicyclic amines) is 1. The lowest BCUT2D eigenvalue weighted by molar-refractivity contribution is 0.376. The van der Waals surface area contributed by atoms with Crippen LogP contribution in [0.3, 0.4) is 0 Å². The van der Waals surface area contributed by atoms with Crippen molar-refractivity contribution in [3.8, 4) is 11.8 Å². The number of anilines is 1. The molecule has 3 rings (SSSR count). The Morgan fingerprint density at radius 3 is 3.13 bits per heavy atom. The number of hydrogen-bond acceptors (Lipinski definition) is 4. The summed E-state index contributed by atoms with van der Waals surface area (Å²) in [5.41, 5.74) is 0.934. The molecule has 3 nitrogen and oxygen atoms in total. The van der Waals surface area contributed by atoms with Crippen LogP contribution in [0.25, 0.3) is 0 Å². The van der Waals surface area contributed by atoms with E-state index in [0.717, 1.165) is 48.1 Å². The SMILES string of the molecule is CN(c1ncc(F)s1)C1CCN(CC#Cc2cccc(Cl)c2)C1. The van der Waals surface area contributed by atoms with E-state index >= 15 is 0 Å². The molecular formula is C17H17ClFN3S. The van der Waals surface area contributed by atoms with E-state index in [1.165, 1.54) is 6.20 Å². The molecule has 1 aromatic heterocycles. The second kappa shape index (κ2) is 7.31. The van der Waals surface area contributed by atoms with Crippen LogP contribution in [0.4, 0.5) is 9.52 Å². The number of rotatable bonds is 3. The van der Waals surface area contributed by atoms with Gasteiger partial charge in [0.25, 0.3) is 0 Å². The quantitative estimate of drug-likeness (QED) is 0.791. The Bertz CT molecular complexity index is 737. The van der Waals surface area contributed by atoms with E-state index in [2.05, 4.69) is 26.6 Å². The van der Waals surface area contributed by atoms with Crippen molar-refractivity contribution in [2.24, 2.45) is 0 Å². The molecule has 2 heterocycles. The molecule has 1 unspecified atom stereocenters. The van der Waals surface area contributed by atoms with E-state index < -0.39 is 0 Å². The highest BCUT2D eigenvalue weighted by atomic mass is 35.5. The first-order valence-corrected chi connectivity index (χ1v) is 8.62. The Balaban J connectivity index is 1.54. The van der Waals surface area contributed by atoms with Crippen molar-refractivity contribution in [1.82, 2.24) is 9.88 Å². The normalized spacial score (nSPS) is 17.8. The summed E-state index contributed by atoms with van der Waals surface area (Å²) in [5.74, 6) is 6.34. The molecule has 1 atom stereocenters. The van der Waals surface area contributed by atoms with E-state index in [-0.39, 0.29) is 5.13 Å². The lowest BCUT2D eigenvalue weighted by atomic mass is 10.2. The van der Waals surface area contributed by atoms with Gasteiger partial charge in [0.2, 0.25) is 0 Å². The van der Waals surface area contributed by atoms with Gasteiger partial charge in [0.15, 0.2) is 10.3 Å². The standard InChI is InChI=1S/C17H17ClFN3S/c1-21(17-20-11-16(19)23-17)15-7-9-22(12-15)8-3-5-13-4-2-6-14(18)10-13/h2,4,6,10-11,15H,7-9,12H2,1H3. The number of halogens is 2. The van der Waals surface area contributed by atoms with Gasteiger partial charge in [-0.3, -0.25) is 4.90 Å². The van der Waals surface area contributed by atoms with Crippen molar-refractivity contribution in [3.63, 3.8) is 0 Å². The largest absolute Gasteiger partial charge is 0.347 e. The van der Waals surface area contributed by atoms with Gasteiger partial charge in [0.05, 0.1) is 12.7 Å². The molecule has 1 saturated heterocycles. The highest BCUT2D eigenvalue weighted by Crippen LogP contribution is 2.25. The van der Waals surface area contributed by atoms with Gasteiger partial charge >= 0.3 is 0 Å². The first kappa shape index (κ1) is 16.3. The van der Waals surface area contributed by atoms with Crippen molar-refractivity contribution in [3.05, 3.63) is 46.2 Å². The molecule has 23 heavy (non-hydrogen) atoms. The number of likely N-dealkylation sites (N-methyl/N-ethyl adjacent to an activating group) is 1. The smallest absolute Gasteiger partial charge is 0.198 e. The number of thiazole rings is 1. The molecule has 0 amide bonds. The maximum Gasteiger partial charge on any atom is 0.198 e. The van der Waals surface area contributed by atoms with Gasteiger partial charge in [-0.15, -0.1) is 0 Å². The molecule has 0 saturated carbocycles. The predicted molar refractivity (Wildman–Crippen MR) is 93.7 cm³/mol. The minimum atomic E-state index is -0.242. The third-order valence-corrected chi connectivity index (χ3v) is 5.03. The van der Waals surface area contributed by atoms with Crippen molar-refractivity contribution >= 4 is 28.1 Å². The van der Waals surface area contributed by atoms with E-state index in [4.69, 9.17) is 11.6 Å². The van der Waals surface area contributed by atoms with Crippen LogP contribution in [-0.4, -0.2) is 42.6 Å². The van der Waals surface area contributed by atoms with Crippen molar-refractivity contribution in [1.29, 1.82) is 0 Å². The monoisotopic (exact) mass is 349 g/mol. The summed E-state index contributed by atoms with van der Waals surface area (Å²) < 4.78 is 13.1. The number of aromatic nitrogens is 1. The van der Waals surface area contributed by atoms with Crippen molar-refractivity contribution in [2.45, 2.75) is 12.5 Å². The van der Waals surface area contributed by atoms with E-state index in [1.807, 2.05) is 31.3 Å². The molecule has 1 fully saturated rings. The van der Waals surface area contributed by atoms with Crippen molar-refractivity contribution in [2.75, 3.05) is 31.6 Å². The Labute approximate surface area is 144 Å². The van der Waals surface area contributed by atoms with Crippen LogP contribution in [0, 0.1) is 17.0 Å². The summed E-state index contributed by atoms with van der Waals surface area (Å²) in [6.07, 6.45) is 2.32. The minimum absolute atomic E-state index is 0.242. The van der Waals surface area contributed by atoms with Crippen LogP contribution in [-0.2, 0) is 0 Å². The summed E-state index contributed by atoms with van der Waals surface area (Å²) in [6, 6.07) is 7.92.